The summed E-state index contributed by atoms with van der Waals surface area (Å²) in [6, 6.07) is 27.2. The van der Waals surface area contributed by atoms with Gasteiger partial charge in [0.1, 0.15) is 5.01 Å². The minimum absolute atomic E-state index is 0.0423. The highest BCUT2D eigenvalue weighted by atomic mass is 32.1. The highest BCUT2D eigenvalue weighted by Crippen LogP contribution is 2.29. The maximum absolute atomic E-state index is 13.7. The van der Waals surface area contributed by atoms with E-state index < -0.39 is 5.91 Å². The third-order valence-electron chi connectivity index (χ3n) is 7.48. The molecule has 0 saturated carbocycles. The first kappa shape index (κ1) is 28.2. The van der Waals surface area contributed by atoms with E-state index >= 15 is 0 Å². The Labute approximate surface area is 244 Å². The molecule has 8 heteroatoms. The molecule has 41 heavy (non-hydrogen) atoms. The molecule has 3 N–H and O–H groups in total. The Bertz CT molecular complexity index is 1430. The van der Waals surface area contributed by atoms with Gasteiger partial charge in [0.15, 0.2) is 0 Å². The van der Waals surface area contributed by atoms with Crippen LogP contribution in [0.2, 0.25) is 0 Å². The van der Waals surface area contributed by atoms with Gasteiger partial charge in [0.2, 0.25) is 11.8 Å². The van der Waals surface area contributed by atoms with Crippen LogP contribution in [0.5, 0.6) is 0 Å². The van der Waals surface area contributed by atoms with Crippen molar-refractivity contribution in [3.05, 3.63) is 113 Å². The molecule has 3 amide bonds. The molecule has 0 radical (unpaired) electrons. The Hall–Kier alpha value is -4.30. The molecule has 210 valence electrons. The predicted molar refractivity (Wildman–Crippen MR) is 161 cm³/mol. The average Bonchev–Trinajstić information content (AvgIpc) is 3.38. The summed E-state index contributed by atoms with van der Waals surface area (Å²) in [5.41, 5.74) is 9.97. The van der Waals surface area contributed by atoms with E-state index in [1.807, 2.05) is 78.2 Å². The molecule has 1 atom stereocenters. The molecule has 4 aromatic rings. The van der Waals surface area contributed by atoms with E-state index in [0.717, 1.165) is 53.2 Å². The number of primary amides is 1. The number of carbonyl (C=O) groups excluding carboxylic acids is 3. The van der Waals surface area contributed by atoms with Gasteiger partial charge < -0.3 is 16.0 Å². The largest absolute Gasteiger partial charge is 0.368 e. The van der Waals surface area contributed by atoms with Gasteiger partial charge in [-0.15, -0.1) is 11.3 Å². The van der Waals surface area contributed by atoms with Crippen LogP contribution in [0, 0.1) is 5.92 Å². The van der Waals surface area contributed by atoms with Crippen molar-refractivity contribution in [2.45, 2.75) is 31.6 Å². The third kappa shape index (κ3) is 7.27. The fourth-order valence-electron chi connectivity index (χ4n) is 5.32. The second-order valence-electron chi connectivity index (χ2n) is 10.4. The van der Waals surface area contributed by atoms with Crippen molar-refractivity contribution >= 4 is 29.1 Å². The lowest BCUT2D eigenvalue weighted by molar-refractivity contribution is -0.124. The maximum Gasteiger partial charge on any atom is 0.254 e. The lowest BCUT2D eigenvalue weighted by atomic mass is 9.90. The number of nitrogens with zero attached hydrogens (tertiary/aromatic N) is 2. The van der Waals surface area contributed by atoms with E-state index in [9.17, 15) is 14.4 Å². The van der Waals surface area contributed by atoms with Crippen LogP contribution >= 0.6 is 11.3 Å². The topological polar surface area (TPSA) is 105 Å². The molecular formula is C33H34N4O3S. The maximum atomic E-state index is 13.7. The standard InChI is InChI=1S/C33H34N4O3S/c34-30(38)21-37(20-29(23-9-3-1-4-10-23)24-11-5-2-6-12-24)33(40)26-16-14-25(15-17-26)32-36-28(22-41-32)19-27-13-7-8-18-35-31(27)39/h1-6,9-12,14-17,22,27,29H,7-8,13,18-21H2,(H2,34,38)(H,35,39). The van der Waals surface area contributed by atoms with E-state index in [-0.39, 0.29) is 30.2 Å². The van der Waals surface area contributed by atoms with E-state index in [2.05, 4.69) is 5.32 Å². The lowest BCUT2D eigenvalue weighted by Crippen LogP contribution is -2.41. The predicted octanol–water partition coefficient (Wildman–Crippen LogP) is 5.03. The molecule has 1 aliphatic heterocycles. The molecule has 1 aromatic heterocycles. The number of hydrogen-bond acceptors (Lipinski definition) is 5. The van der Waals surface area contributed by atoms with Crippen LogP contribution in [-0.2, 0) is 16.0 Å². The second-order valence-corrected chi connectivity index (χ2v) is 11.3. The fraction of sp³-hybridized carbons (Fsp3) is 0.273. The van der Waals surface area contributed by atoms with Crippen LogP contribution in [-0.4, -0.2) is 47.2 Å². The van der Waals surface area contributed by atoms with Crippen molar-refractivity contribution in [1.82, 2.24) is 15.2 Å². The first-order chi connectivity index (χ1) is 20.0. The van der Waals surface area contributed by atoms with Gasteiger partial charge in [0.05, 0.1) is 12.2 Å². The fourth-order valence-corrected chi connectivity index (χ4v) is 6.16. The monoisotopic (exact) mass is 566 g/mol. The number of carbonyl (C=O) groups is 3. The highest BCUT2D eigenvalue weighted by molar-refractivity contribution is 7.13. The minimum atomic E-state index is -0.562. The normalized spacial score (nSPS) is 15.2. The summed E-state index contributed by atoms with van der Waals surface area (Å²) in [5, 5.41) is 5.84. The Morgan fingerprint density at radius 1 is 0.951 bits per heavy atom. The van der Waals surface area contributed by atoms with Gasteiger partial charge in [-0.25, -0.2) is 4.98 Å². The van der Waals surface area contributed by atoms with Crippen LogP contribution in [0.4, 0.5) is 0 Å². The number of thiazole rings is 1. The lowest BCUT2D eigenvalue weighted by Gasteiger charge is -2.28. The molecule has 2 heterocycles. The Morgan fingerprint density at radius 2 is 1.61 bits per heavy atom. The summed E-state index contributed by atoms with van der Waals surface area (Å²) in [6.45, 7) is 0.877. The Kier molecular flexibility index (Phi) is 9.21. The van der Waals surface area contributed by atoms with Crippen LogP contribution in [0.1, 0.15) is 52.4 Å². The first-order valence-electron chi connectivity index (χ1n) is 14.0. The van der Waals surface area contributed by atoms with E-state index in [4.69, 9.17) is 10.7 Å². The summed E-state index contributed by atoms with van der Waals surface area (Å²) in [7, 11) is 0. The van der Waals surface area contributed by atoms with Crippen molar-refractivity contribution in [1.29, 1.82) is 0 Å². The van der Waals surface area contributed by atoms with Gasteiger partial charge in [-0.2, -0.15) is 0 Å². The minimum Gasteiger partial charge on any atom is -0.368 e. The molecule has 1 unspecified atom stereocenters. The van der Waals surface area contributed by atoms with Crippen LogP contribution < -0.4 is 11.1 Å². The molecular weight excluding hydrogens is 532 g/mol. The van der Waals surface area contributed by atoms with E-state index in [1.165, 1.54) is 16.2 Å². The average molecular weight is 567 g/mol. The Morgan fingerprint density at radius 3 is 2.24 bits per heavy atom. The molecule has 0 aliphatic carbocycles. The summed E-state index contributed by atoms with van der Waals surface area (Å²) in [4.78, 5) is 44.4. The van der Waals surface area contributed by atoms with Crippen LogP contribution in [0.25, 0.3) is 10.6 Å². The molecule has 1 aliphatic rings. The van der Waals surface area contributed by atoms with Gasteiger partial charge in [0, 0.05) is 47.9 Å². The molecule has 0 bridgehead atoms. The van der Waals surface area contributed by atoms with Crippen molar-refractivity contribution in [2.75, 3.05) is 19.6 Å². The van der Waals surface area contributed by atoms with E-state index in [0.29, 0.717) is 18.5 Å². The van der Waals surface area contributed by atoms with Crippen molar-refractivity contribution in [3.8, 4) is 10.6 Å². The summed E-state index contributed by atoms with van der Waals surface area (Å²) < 4.78 is 0. The Balaban J connectivity index is 1.33. The molecule has 0 spiro atoms. The first-order valence-corrected chi connectivity index (χ1v) is 14.9. The van der Waals surface area contributed by atoms with Crippen molar-refractivity contribution < 1.29 is 14.4 Å². The quantitative estimate of drug-likeness (QED) is 0.281. The van der Waals surface area contributed by atoms with Gasteiger partial charge in [-0.3, -0.25) is 14.4 Å². The number of hydrogen-bond donors (Lipinski definition) is 2. The van der Waals surface area contributed by atoms with Crippen molar-refractivity contribution in [2.24, 2.45) is 11.7 Å². The smallest absolute Gasteiger partial charge is 0.254 e. The SMILES string of the molecule is NC(=O)CN(CC(c1ccccc1)c1ccccc1)C(=O)c1ccc(-c2nc(CC3CCCCNC3=O)cs2)cc1. The zero-order chi connectivity index (χ0) is 28.6. The zero-order valence-electron chi connectivity index (χ0n) is 22.9. The highest BCUT2D eigenvalue weighted by Gasteiger charge is 2.25. The van der Waals surface area contributed by atoms with Crippen LogP contribution in [0.15, 0.2) is 90.3 Å². The molecule has 5 rings (SSSR count). The van der Waals surface area contributed by atoms with Gasteiger partial charge in [-0.05, 0) is 36.1 Å². The molecule has 7 nitrogen and oxygen atoms in total. The second kappa shape index (κ2) is 13.4. The molecule has 1 saturated heterocycles. The van der Waals surface area contributed by atoms with Crippen molar-refractivity contribution in [3.63, 3.8) is 0 Å². The zero-order valence-corrected chi connectivity index (χ0v) is 23.7. The van der Waals surface area contributed by atoms with Gasteiger partial charge in [0.25, 0.3) is 5.91 Å². The number of amides is 3. The summed E-state index contributed by atoms with van der Waals surface area (Å²) in [6.07, 6.45) is 3.57. The van der Waals surface area contributed by atoms with E-state index in [1.54, 1.807) is 12.1 Å². The summed E-state index contributed by atoms with van der Waals surface area (Å²) >= 11 is 1.53. The number of benzene rings is 3. The van der Waals surface area contributed by atoms with Gasteiger partial charge >= 0.3 is 0 Å². The number of aromatic nitrogens is 1. The van der Waals surface area contributed by atoms with Crippen LogP contribution in [0.3, 0.4) is 0 Å². The number of rotatable bonds is 10. The number of nitrogens with two attached hydrogens (primary N) is 1. The third-order valence-corrected chi connectivity index (χ3v) is 8.42. The summed E-state index contributed by atoms with van der Waals surface area (Å²) in [5.74, 6) is -0.871. The van der Waals surface area contributed by atoms with Gasteiger partial charge in [-0.1, -0.05) is 79.2 Å². The molecule has 3 aromatic carbocycles. The molecule has 1 fully saturated rings. The number of nitrogens with one attached hydrogen (secondary N) is 1.